The Bertz CT molecular complexity index is 136. The second kappa shape index (κ2) is 5.84. The molecule has 1 unspecified atom stereocenters. The van der Waals surface area contributed by atoms with Gasteiger partial charge in [-0.1, -0.05) is 12.5 Å². The van der Waals surface area contributed by atoms with Crippen LogP contribution in [-0.2, 0) is 0 Å². The molecule has 0 rings (SSSR count). The van der Waals surface area contributed by atoms with Gasteiger partial charge in [-0.3, -0.25) is 4.90 Å². The van der Waals surface area contributed by atoms with Crippen LogP contribution in [0.25, 0.3) is 0 Å². The van der Waals surface area contributed by atoms with Crippen LogP contribution >= 0.6 is 11.8 Å². The van der Waals surface area contributed by atoms with Gasteiger partial charge in [0.15, 0.2) is 0 Å². The molecule has 10 heavy (non-hydrogen) atoms. The van der Waals surface area contributed by atoms with Gasteiger partial charge in [0.05, 0.1) is 0 Å². The average molecular weight is 173 g/mol. The highest BCUT2D eigenvalue weighted by Crippen LogP contribution is 2.06. The Morgan fingerprint density at radius 2 is 2.10 bits per heavy atom. The van der Waals surface area contributed by atoms with Crippen LogP contribution in [0.5, 0.6) is 0 Å². The minimum atomic E-state index is -0.0712. The Morgan fingerprint density at radius 3 is 2.40 bits per heavy atom. The predicted molar refractivity (Wildman–Crippen MR) is 53.2 cm³/mol. The lowest BCUT2D eigenvalue weighted by Gasteiger charge is -2.15. The van der Waals surface area contributed by atoms with Crippen molar-refractivity contribution < 1.29 is 0 Å². The van der Waals surface area contributed by atoms with Crippen molar-refractivity contribution in [3.63, 3.8) is 0 Å². The molecule has 0 aromatic heterocycles. The minimum Gasteiger partial charge on any atom is -0.288 e. The third kappa shape index (κ3) is 3.99. The summed E-state index contributed by atoms with van der Waals surface area (Å²) in [5, 5.41) is 0.396. The van der Waals surface area contributed by atoms with E-state index in [1.165, 1.54) is 0 Å². The van der Waals surface area contributed by atoms with Crippen LogP contribution in [0.3, 0.4) is 0 Å². The Balaban J connectivity index is 3.82. The van der Waals surface area contributed by atoms with Crippen LogP contribution in [0.4, 0.5) is 0 Å². The summed E-state index contributed by atoms with van der Waals surface area (Å²) in [7, 11) is 4.05. The molecule has 0 aromatic carbocycles. The van der Waals surface area contributed by atoms with E-state index >= 15 is 0 Å². The summed E-state index contributed by atoms with van der Waals surface area (Å²) in [4.78, 5) is 2.14. The SMILES string of the molecule is C[SiH2]C#CC(SC)N(C)C. The van der Waals surface area contributed by atoms with E-state index in [-0.39, 0.29) is 9.52 Å². The van der Waals surface area contributed by atoms with Crippen LogP contribution in [0.1, 0.15) is 0 Å². The summed E-state index contributed by atoms with van der Waals surface area (Å²) in [6.45, 7) is 2.21. The first-order valence-electron chi connectivity index (χ1n) is 3.40. The highest BCUT2D eigenvalue weighted by Gasteiger charge is 2.02. The molecular formula is C7H15NSSi. The van der Waals surface area contributed by atoms with Crippen molar-refractivity contribution in [3.05, 3.63) is 0 Å². The minimum absolute atomic E-state index is 0.0712. The molecule has 1 nitrogen and oxygen atoms in total. The van der Waals surface area contributed by atoms with Gasteiger partial charge in [-0.15, -0.1) is 17.3 Å². The van der Waals surface area contributed by atoms with Gasteiger partial charge in [-0.05, 0) is 20.4 Å². The molecule has 0 aliphatic carbocycles. The van der Waals surface area contributed by atoms with Crippen LogP contribution in [0, 0.1) is 11.5 Å². The zero-order chi connectivity index (χ0) is 7.98. The summed E-state index contributed by atoms with van der Waals surface area (Å²) in [5.41, 5.74) is 3.21. The molecule has 3 heteroatoms. The molecule has 0 fully saturated rings. The van der Waals surface area contributed by atoms with Crippen LogP contribution in [0.15, 0.2) is 0 Å². The lowest BCUT2D eigenvalue weighted by molar-refractivity contribution is 0.436. The van der Waals surface area contributed by atoms with E-state index in [9.17, 15) is 0 Å². The molecular weight excluding hydrogens is 158 g/mol. The Hall–Kier alpha value is 0.0869. The molecule has 0 saturated carbocycles. The quantitative estimate of drug-likeness (QED) is 0.338. The van der Waals surface area contributed by atoms with Crippen LogP contribution < -0.4 is 0 Å². The number of nitrogens with zero attached hydrogens (tertiary/aromatic N) is 1. The van der Waals surface area contributed by atoms with Crippen LogP contribution in [-0.4, -0.2) is 40.1 Å². The second-order valence-electron chi connectivity index (χ2n) is 2.23. The van der Waals surface area contributed by atoms with E-state index in [1.807, 2.05) is 0 Å². The van der Waals surface area contributed by atoms with Gasteiger partial charge < -0.3 is 0 Å². The van der Waals surface area contributed by atoms with Crippen molar-refractivity contribution in [2.45, 2.75) is 11.9 Å². The molecule has 0 amide bonds. The third-order valence-electron chi connectivity index (χ3n) is 1.09. The highest BCUT2D eigenvalue weighted by atomic mass is 32.2. The Kier molecular flexibility index (Phi) is 5.89. The molecule has 58 valence electrons. The first-order valence-corrected chi connectivity index (χ1v) is 6.81. The Labute approximate surface area is 70.4 Å². The van der Waals surface area contributed by atoms with Crippen LogP contribution in [0.2, 0.25) is 6.55 Å². The zero-order valence-electron chi connectivity index (χ0n) is 7.14. The highest BCUT2D eigenvalue weighted by molar-refractivity contribution is 7.99. The van der Waals surface area contributed by atoms with Crippen molar-refractivity contribution in [3.8, 4) is 11.5 Å². The summed E-state index contributed by atoms with van der Waals surface area (Å²) in [5.74, 6) is 3.22. The summed E-state index contributed by atoms with van der Waals surface area (Å²) in [6.07, 6.45) is 2.09. The lowest BCUT2D eigenvalue weighted by atomic mass is 10.6. The fraction of sp³-hybridized carbons (Fsp3) is 0.714. The lowest BCUT2D eigenvalue weighted by Crippen LogP contribution is -2.22. The molecule has 0 aromatic rings. The standard InChI is InChI=1S/C7H15NSSi/c1-8(2)7(9-3)5-6-10-4/h7H,10H2,1-4H3. The average Bonchev–Trinajstić information content (AvgIpc) is 1.89. The van der Waals surface area contributed by atoms with Gasteiger partial charge in [-0.2, -0.15) is 0 Å². The molecule has 0 aliphatic heterocycles. The fourth-order valence-electron chi connectivity index (χ4n) is 0.588. The van der Waals surface area contributed by atoms with Crippen molar-refractivity contribution in [2.75, 3.05) is 20.4 Å². The van der Waals surface area contributed by atoms with Gasteiger partial charge >= 0.3 is 0 Å². The maximum absolute atomic E-state index is 3.22. The summed E-state index contributed by atoms with van der Waals surface area (Å²) < 4.78 is 0. The first kappa shape index (κ1) is 10.1. The van der Waals surface area contributed by atoms with E-state index in [0.717, 1.165) is 0 Å². The second-order valence-corrected chi connectivity index (χ2v) is 4.20. The van der Waals surface area contributed by atoms with Crippen molar-refractivity contribution in [1.29, 1.82) is 0 Å². The maximum Gasteiger partial charge on any atom is 0.117 e. The third-order valence-corrected chi connectivity index (χ3v) is 2.64. The topological polar surface area (TPSA) is 3.24 Å². The smallest absolute Gasteiger partial charge is 0.117 e. The number of hydrogen-bond donors (Lipinski definition) is 0. The fourth-order valence-corrected chi connectivity index (χ4v) is 1.76. The van der Waals surface area contributed by atoms with Crippen molar-refractivity contribution in [1.82, 2.24) is 4.90 Å². The number of thioether (sulfide) groups is 1. The monoisotopic (exact) mass is 173 g/mol. The van der Waals surface area contributed by atoms with Crippen molar-refractivity contribution >= 4 is 21.3 Å². The van der Waals surface area contributed by atoms with E-state index < -0.39 is 0 Å². The van der Waals surface area contributed by atoms with E-state index in [4.69, 9.17) is 0 Å². The molecule has 0 radical (unpaired) electrons. The normalized spacial score (nSPS) is 13.7. The summed E-state index contributed by atoms with van der Waals surface area (Å²) >= 11 is 1.79. The van der Waals surface area contributed by atoms with Gasteiger partial charge in [0, 0.05) is 0 Å². The zero-order valence-corrected chi connectivity index (χ0v) is 9.37. The first-order chi connectivity index (χ1) is 4.72. The van der Waals surface area contributed by atoms with Gasteiger partial charge in [0.1, 0.15) is 14.9 Å². The van der Waals surface area contributed by atoms with E-state index in [1.54, 1.807) is 11.8 Å². The molecule has 0 bridgehead atoms. The van der Waals surface area contributed by atoms with Gasteiger partial charge in [-0.25, -0.2) is 0 Å². The summed E-state index contributed by atoms with van der Waals surface area (Å²) in [6, 6.07) is 0. The molecule has 1 atom stereocenters. The molecule has 0 spiro atoms. The largest absolute Gasteiger partial charge is 0.288 e. The van der Waals surface area contributed by atoms with Crippen molar-refractivity contribution in [2.24, 2.45) is 0 Å². The molecule has 0 N–H and O–H groups in total. The van der Waals surface area contributed by atoms with Gasteiger partial charge in [0.2, 0.25) is 0 Å². The number of rotatable bonds is 2. The maximum atomic E-state index is 3.22. The molecule has 0 aliphatic rings. The van der Waals surface area contributed by atoms with E-state index in [2.05, 4.69) is 43.3 Å². The van der Waals surface area contributed by atoms with E-state index in [0.29, 0.717) is 5.37 Å². The predicted octanol–water partition coefficient (Wildman–Crippen LogP) is 0.415. The molecule has 0 saturated heterocycles. The van der Waals surface area contributed by atoms with Gasteiger partial charge in [0.25, 0.3) is 0 Å². The Morgan fingerprint density at radius 1 is 1.50 bits per heavy atom. The molecule has 0 heterocycles. The number of hydrogen-bond acceptors (Lipinski definition) is 2.